The number of nitrogens with zero attached hydrogens (tertiary/aromatic N) is 3. The summed E-state index contributed by atoms with van der Waals surface area (Å²) in [5.41, 5.74) is 1.26. The highest BCUT2D eigenvalue weighted by Crippen LogP contribution is 2.61. The van der Waals surface area contributed by atoms with Crippen LogP contribution in [-0.2, 0) is 11.3 Å². The molecule has 0 saturated heterocycles. The minimum atomic E-state index is -0.390. The molecule has 160 valence electrons. The Morgan fingerprint density at radius 2 is 1.79 bits per heavy atom. The number of nitrogens with one attached hydrogen (secondary N) is 1. The maximum Gasteiger partial charge on any atom is 0.312 e. The van der Waals surface area contributed by atoms with Crippen LogP contribution >= 0.6 is 0 Å². The van der Waals surface area contributed by atoms with E-state index in [2.05, 4.69) is 17.3 Å². The number of nitro groups is 1. The average Bonchev–Trinajstić information content (AvgIpc) is 2.91. The monoisotopic (exact) mass is 402 g/mol. The van der Waals surface area contributed by atoms with E-state index < -0.39 is 0 Å². The number of aromatic nitrogens is 2. The second-order valence-corrected chi connectivity index (χ2v) is 10.1. The minimum absolute atomic E-state index is 0.0443. The number of hydrogen-bond acceptors (Lipinski definition) is 4. The summed E-state index contributed by atoms with van der Waals surface area (Å²) >= 11 is 0. The molecule has 7 heteroatoms. The van der Waals surface area contributed by atoms with Crippen LogP contribution in [0.3, 0.4) is 0 Å². The van der Waals surface area contributed by atoms with E-state index in [1.165, 1.54) is 38.5 Å². The number of amides is 1. The predicted octanol–water partition coefficient (Wildman–Crippen LogP) is 4.16. The van der Waals surface area contributed by atoms with Gasteiger partial charge in [-0.3, -0.25) is 19.6 Å². The number of hydrogen-bond donors (Lipinski definition) is 1. The summed E-state index contributed by atoms with van der Waals surface area (Å²) in [4.78, 5) is 23.9. The van der Waals surface area contributed by atoms with E-state index in [0.717, 1.165) is 24.2 Å². The minimum Gasteiger partial charge on any atom is -0.353 e. The summed E-state index contributed by atoms with van der Waals surface area (Å²) < 4.78 is 1.61. The van der Waals surface area contributed by atoms with Gasteiger partial charge in [-0.1, -0.05) is 13.8 Å². The Labute approximate surface area is 172 Å². The van der Waals surface area contributed by atoms with Crippen LogP contribution in [-0.4, -0.2) is 26.7 Å². The van der Waals surface area contributed by atoms with Crippen molar-refractivity contribution < 1.29 is 9.72 Å². The van der Waals surface area contributed by atoms with Gasteiger partial charge < -0.3 is 5.32 Å². The fourth-order valence-electron chi connectivity index (χ4n) is 7.08. The van der Waals surface area contributed by atoms with Gasteiger partial charge in [0.1, 0.15) is 11.4 Å². The van der Waals surface area contributed by atoms with Gasteiger partial charge in [-0.2, -0.15) is 5.10 Å². The molecule has 4 aliphatic carbocycles. The molecule has 1 N–H and O–H groups in total. The highest BCUT2D eigenvalue weighted by molar-refractivity contribution is 5.78. The van der Waals surface area contributed by atoms with Crippen molar-refractivity contribution in [2.45, 2.75) is 85.2 Å². The van der Waals surface area contributed by atoms with Crippen molar-refractivity contribution in [1.29, 1.82) is 0 Å². The Bertz CT molecular complexity index is 780. The molecule has 29 heavy (non-hydrogen) atoms. The highest BCUT2D eigenvalue weighted by atomic mass is 16.6. The average molecular weight is 403 g/mol. The summed E-state index contributed by atoms with van der Waals surface area (Å²) in [6, 6.07) is 0.237. The third-order valence-electron chi connectivity index (χ3n) is 7.97. The molecule has 4 bridgehead atoms. The lowest BCUT2D eigenvalue weighted by Crippen LogP contribution is -2.57. The fourth-order valence-corrected chi connectivity index (χ4v) is 7.08. The standard InChI is InChI=1S/C22H34N4O3/c1-5-19(22-9-16-6-17(10-22)8-18(7-16)11-22)23-21(27)13(2)12-25-15(4)20(26(28)29)14(3)24-25/h13,16-19H,5-12H2,1-4H3,(H,23,27). The van der Waals surface area contributed by atoms with Crippen LogP contribution in [0.2, 0.25) is 0 Å². The van der Waals surface area contributed by atoms with Gasteiger partial charge in [0.15, 0.2) is 0 Å². The second-order valence-electron chi connectivity index (χ2n) is 10.1. The van der Waals surface area contributed by atoms with E-state index in [1.807, 2.05) is 6.92 Å². The predicted molar refractivity (Wildman–Crippen MR) is 110 cm³/mol. The van der Waals surface area contributed by atoms with E-state index in [-0.39, 0.29) is 33.9 Å². The van der Waals surface area contributed by atoms with Crippen molar-refractivity contribution in [2.75, 3.05) is 0 Å². The van der Waals surface area contributed by atoms with E-state index in [9.17, 15) is 14.9 Å². The first-order valence-electron chi connectivity index (χ1n) is 11.2. The van der Waals surface area contributed by atoms with Crippen molar-refractivity contribution in [3.8, 4) is 0 Å². The molecule has 5 rings (SSSR count). The molecule has 1 amide bonds. The van der Waals surface area contributed by atoms with Gasteiger partial charge in [0.2, 0.25) is 5.91 Å². The summed E-state index contributed by atoms with van der Waals surface area (Å²) in [7, 11) is 0. The fraction of sp³-hybridized carbons (Fsp3) is 0.818. The first kappa shape index (κ1) is 20.4. The van der Waals surface area contributed by atoms with Crippen molar-refractivity contribution in [3.05, 3.63) is 21.5 Å². The van der Waals surface area contributed by atoms with Crippen molar-refractivity contribution in [2.24, 2.45) is 29.1 Å². The Hall–Kier alpha value is -1.92. The van der Waals surface area contributed by atoms with E-state index >= 15 is 0 Å². The zero-order valence-corrected chi connectivity index (χ0v) is 18.1. The Balaban J connectivity index is 1.44. The van der Waals surface area contributed by atoms with Crippen LogP contribution in [0, 0.1) is 53.0 Å². The molecule has 4 aliphatic rings. The molecule has 2 atom stereocenters. The molecular weight excluding hydrogens is 368 g/mol. The zero-order valence-electron chi connectivity index (χ0n) is 18.1. The Morgan fingerprint density at radius 1 is 1.24 bits per heavy atom. The van der Waals surface area contributed by atoms with Crippen LogP contribution in [0.4, 0.5) is 5.69 Å². The van der Waals surface area contributed by atoms with Crippen LogP contribution in [0.25, 0.3) is 0 Å². The third-order valence-corrected chi connectivity index (χ3v) is 7.97. The molecule has 0 spiro atoms. The number of carbonyl (C=O) groups is 1. The topological polar surface area (TPSA) is 90.1 Å². The third kappa shape index (κ3) is 3.57. The number of aryl methyl sites for hydroxylation is 1. The lowest BCUT2D eigenvalue weighted by Gasteiger charge is -2.59. The van der Waals surface area contributed by atoms with E-state index in [0.29, 0.717) is 17.9 Å². The molecule has 1 aromatic heterocycles. The normalized spacial score (nSPS) is 32.2. The maximum absolute atomic E-state index is 13.1. The summed E-state index contributed by atoms with van der Waals surface area (Å²) in [6.45, 7) is 7.80. The molecular formula is C22H34N4O3. The number of carbonyl (C=O) groups excluding carboxylic acids is 1. The Kier molecular flexibility index (Phi) is 5.20. The van der Waals surface area contributed by atoms with Crippen LogP contribution in [0.5, 0.6) is 0 Å². The van der Waals surface area contributed by atoms with Crippen LogP contribution in [0.15, 0.2) is 0 Å². The molecule has 4 saturated carbocycles. The molecule has 2 unspecified atom stereocenters. The first-order chi connectivity index (χ1) is 13.7. The van der Waals surface area contributed by atoms with Gasteiger partial charge in [-0.15, -0.1) is 0 Å². The largest absolute Gasteiger partial charge is 0.353 e. The smallest absolute Gasteiger partial charge is 0.312 e. The van der Waals surface area contributed by atoms with Gasteiger partial charge in [0.25, 0.3) is 0 Å². The quantitative estimate of drug-likeness (QED) is 0.548. The van der Waals surface area contributed by atoms with Crippen molar-refractivity contribution in [1.82, 2.24) is 15.1 Å². The van der Waals surface area contributed by atoms with E-state index in [4.69, 9.17) is 0 Å². The second kappa shape index (κ2) is 7.40. The molecule has 0 aliphatic heterocycles. The van der Waals surface area contributed by atoms with E-state index in [1.54, 1.807) is 18.5 Å². The van der Waals surface area contributed by atoms with Crippen LogP contribution in [0.1, 0.15) is 70.2 Å². The lowest BCUT2D eigenvalue weighted by atomic mass is 9.47. The first-order valence-corrected chi connectivity index (χ1v) is 11.2. The van der Waals surface area contributed by atoms with Gasteiger partial charge in [0.05, 0.1) is 17.4 Å². The Morgan fingerprint density at radius 3 is 2.24 bits per heavy atom. The molecule has 0 aromatic carbocycles. The highest BCUT2D eigenvalue weighted by Gasteiger charge is 2.54. The van der Waals surface area contributed by atoms with Crippen LogP contribution < -0.4 is 5.32 Å². The summed E-state index contributed by atoms with van der Waals surface area (Å²) in [6.07, 6.45) is 8.99. The summed E-state index contributed by atoms with van der Waals surface area (Å²) in [5, 5.41) is 18.9. The SMILES string of the molecule is CCC(NC(=O)C(C)Cn1nc(C)c([N+](=O)[O-])c1C)C12CC3CC(CC(C3)C1)C2. The molecule has 0 radical (unpaired) electrons. The molecule has 7 nitrogen and oxygen atoms in total. The van der Waals surface area contributed by atoms with Gasteiger partial charge >= 0.3 is 5.69 Å². The van der Waals surface area contributed by atoms with Gasteiger partial charge in [0, 0.05) is 6.04 Å². The maximum atomic E-state index is 13.1. The van der Waals surface area contributed by atoms with Gasteiger partial charge in [-0.05, 0) is 82.0 Å². The number of rotatable bonds is 7. The molecule has 1 heterocycles. The van der Waals surface area contributed by atoms with Crippen molar-refractivity contribution in [3.63, 3.8) is 0 Å². The molecule has 4 fully saturated rings. The van der Waals surface area contributed by atoms with Gasteiger partial charge in [-0.25, -0.2) is 0 Å². The summed E-state index contributed by atoms with van der Waals surface area (Å²) in [5.74, 6) is 2.35. The zero-order chi connectivity index (χ0) is 20.9. The van der Waals surface area contributed by atoms with Crippen molar-refractivity contribution >= 4 is 11.6 Å². The lowest BCUT2D eigenvalue weighted by molar-refractivity contribution is -0.386. The molecule has 1 aromatic rings.